The van der Waals surface area contributed by atoms with Crippen LogP contribution in [-0.4, -0.2) is 32.9 Å². The Morgan fingerprint density at radius 3 is 2.50 bits per heavy atom. The SMILES string of the molecule is CC1(OS(C)(=O)=O)COC(=O)C1. The third-order valence-electron chi connectivity index (χ3n) is 1.41. The van der Waals surface area contributed by atoms with Gasteiger partial charge in [0.25, 0.3) is 10.1 Å². The second-order valence-electron chi connectivity index (χ2n) is 3.07. The summed E-state index contributed by atoms with van der Waals surface area (Å²) in [6, 6.07) is 0. The zero-order chi connectivity index (χ0) is 9.41. The summed E-state index contributed by atoms with van der Waals surface area (Å²) in [5, 5.41) is 0. The minimum Gasteiger partial charge on any atom is -0.462 e. The minimum atomic E-state index is -3.52. The van der Waals surface area contributed by atoms with Gasteiger partial charge >= 0.3 is 5.97 Å². The van der Waals surface area contributed by atoms with Crippen LogP contribution < -0.4 is 0 Å². The Hall–Kier alpha value is -0.620. The fraction of sp³-hybridized carbons (Fsp3) is 0.833. The number of hydrogen-bond donors (Lipinski definition) is 0. The van der Waals surface area contributed by atoms with Crippen molar-refractivity contribution in [3.63, 3.8) is 0 Å². The maximum Gasteiger partial charge on any atom is 0.309 e. The Labute approximate surface area is 70.8 Å². The maximum absolute atomic E-state index is 10.7. The molecule has 0 aromatic carbocycles. The summed E-state index contributed by atoms with van der Waals surface area (Å²) < 4.78 is 30.7. The topological polar surface area (TPSA) is 69.7 Å². The first-order chi connectivity index (χ1) is 5.31. The van der Waals surface area contributed by atoms with E-state index in [-0.39, 0.29) is 13.0 Å². The summed E-state index contributed by atoms with van der Waals surface area (Å²) in [7, 11) is -3.52. The van der Waals surface area contributed by atoms with Crippen molar-refractivity contribution in [2.75, 3.05) is 12.9 Å². The van der Waals surface area contributed by atoms with Crippen LogP contribution in [0.4, 0.5) is 0 Å². The number of carbonyl (C=O) groups excluding carboxylic acids is 1. The molecule has 0 N–H and O–H groups in total. The lowest BCUT2D eigenvalue weighted by Crippen LogP contribution is -2.31. The Bertz CT molecular complexity index is 293. The van der Waals surface area contributed by atoms with Crippen LogP contribution in [-0.2, 0) is 23.8 Å². The number of ether oxygens (including phenoxy) is 1. The summed E-state index contributed by atoms with van der Waals surface area (Å²) in [5.41, 5.74) is -1.01. The highest BCUT2D eigenvalue weighted by atomic mass is 32.2. The van der Waals surface area contributed by atoms with Gasteiger partial charge in [0.05, 0.1) is 12.7 Å². The van der Waals surface area contributed by atoms with Gasteiger partial charge in [0.1, 0.15) is 12.2 Å². The first-order valence-electron chi connectivity index (χ1n) is 3.37. The number of cyclic esters (lactones) is 1. The largest absolute Gasteiger partial charge is 0.462 e. The van der Waals surface area contributed by atoms with Crippen molar-refractivity contribution in [1.82, 2.24) is 0 Å². The second-order valence-corrected chi connectivity index (χ2v) is 4.65. The summed E-state index contributed by atoms with van der Waals surface area (Å²) in [6.45, 7) is 1.53. The molecule has 70 valence electrons. The molecule has 0 bridgehead atoms. The molecule has 6 heteroatoms. The van der Waals surface area contributed by atoms with Crippen LogP contribution in [0.1, 0.15) is 13.3 Å². The van der Waals surface area contributed by atoms with E-state index in [0.717, 1.165) is 6.26 Å². The van der Waals surface area contributed by atoms with Crippen LogP contribution in [0.5, 0.6) is 0 Å². The normalized spacial score (nSPS) is 30.3. The summed E-state index contributed by atoms with van der Waals surface area (Å²) in [6.07, 6.45) is 0.932. The van der Waals surface area contributed by atoms with E-state index in [1.165, 1.54) is 6.92 Å². The highest BCUT2D eigenvalue weighted by molar-refractivity contribution is 7.86. The van der Waals surface area contributed by atoms with Crippen molar-refractivity contribution >= 4 is 16.1 Å². The summed E-state index contributed by atoms with van der Waals surface area (Å²) in [4.78, 5) is 10.6. The van der Waals surface area contributed by atoms with Crippen LogP contribution in [0.3, 0.4) is 0 Å². The molecule has 1 heterocycles. The van der Waals surface area contributed by atoms with Gasteiger partial charge in [-0.2, -0.15) is 8.42 Å². The molecule has 1 saturated heterocycles. The summed E-state index contributed by atoms with van der Waals surface area (Å²) >= 11 is 0. The highest BCUT2D eigenvalue weighted by Crippen LogP contribution is 2.24. The smallest absolute Gasteiger partial charge is 0.309 e. The first kappa shape index (κ1) is 9.47. The minimum absolute atomic E-state index is 0.00109. The zero-order valence-electron chi connectivity index (χ0n) is 6.86. The van der Waals surface area contributed by atoms with E-state index in [1.54, 1.807) is 0 Å². The predicted molar refractivity (Wildman–Crippen MR) is 39.9 cm³/mol. The van der Waals surface area contributed by atoms with Crippen molar-refractivity contribution in [2.45, 2.75) is 18.9 Å². The standard InChI is InChI=1S/C6H10O5S/c1-6(11-12(2,8)9)3-5(7)10-4-6/h3-4H2,1-2H3. The average Bonchev–Trinajstić information content (AvgIpc) is 2.05. The Kier molecular flexibility index (Phi) is 2.13. The molecule has 0 radical (unpaired) electrons. The molecule has 0 aromatic heterocycles. The van der Waals surface area contributed by atoms with E-state index in [9.17, 15) is 13.2 Å². The molecule has 0 amide bonds. The molecule has 1 aliphatic heterocycles. The number of rotatable bonds is 2. The molecule has 0 aromatic rings. The second kappa shape index (κ2) is 2.70. The van der Waals surface area contributed by atoms with E-state index < -0.39 is 21.7 Å². The van der Waals surface area contributed by atoms with Crippen molar-refractivity contribution in [3.8, 4) is 0 Å². The van der Waals surface area contributed by atoms with E-state index >= 15 is 0 Å². The molecule has 0 spiro atoms. The van der Waals surface area contributed by atoms with Crippen molar-refractivity contribution in [3.05, 3.63) is 0 Å². The van der Waals surface area contributed by atoms with Gasteiger partial charge in [-0.3, -0.25) is 8.98 Å². The third kappa shape index (κ3) is 2.46. The maximum atomic E-state index is 10.7. The fourth-order valence-electron chi connectivity index (χ4n) is 1.06. The van der Waals surface area contributed by atoms with Gasteiger partial charge in [0.15, 0.2) is 0 Å². The Morgan fingerprint density at radius 1 is 1.58 bits per heavy atom. The van der Waals surface area contributed by atoms with Crippen LogP contribution in [0.25, 0.3) is 0 Å². The highest BCUT2D eigenvalue weighted by Gasteiger charge is 2.40. The van der Waals surface area contributed by atoms with Crippen molar-refractivity contribution < 1.29 is 22.1 Å². The van der Waals surface area contributed by atoms with E-state index in [4.69, 9.17) is 0 Å². The van der Waals surface area contributed by atoms with E-state index in [0.29, 0.717) is 0 Å². The first-order valence-corrected chi connectivity index (χ1v) is 5.19. The molecule has 1 aliphatic rings. The van der Waals surface area contributed by atoms with Gasteiger partial charge in [0, 0.05) is 0 Å². The molecular weight excluding hydrogens is 184 g/mol. The molecule has 1 unspecified atom stereocenters. The van der Waals surface area contributed by atoms with E-state index in [2.05, 4.69) is 8.92 Å². The molecule has 0 saturated carbocycles. The quantitative estimate of drug-likeness (QED) is 0.444. The number of hydrogen-bond acceptors (Lipinski definition) is 5. The van der Waals surface area contributed by atoms with Gasteiger partial charge in [-0.05, 0) is 6.92 Å². The summed E-state index contributed by atoms with van der Waals surface area (Å²) in [5.74, 6) is -0.429. The van der Waals surface area contributed by atoms with Crippen molar-refractivity contribution in [1.29, 1.82) is 0 Å². The molecule has 5 nitrogen and oxygen atoms in total. The molecular formula is C6H10O5S. The van der Waals surface area contributed by atoms with Gasteiger partial charge < -0.3 is 4.74 Å². The Morgan fingerprint density at radius 2 is 2.17 bits per heavy atom. The van der Waals surface area contributed by atoms with Crippen molar-refractivity contribution in [2.24, 2.45) is 0 Å². The Balaban J connectivity index is 2.69. The lowest BCUT2D eigenvalue weighted by atomic mass is 10.1. The van der Waals surface area contributed by atoms with Gasteiger partial charge in [-0.15, -0.1) is 0 Å². The van der Waals surface area contributed by atoms with Gasteiger partial charge in [-0.25, -0.2) is 0 Å². The fourth-order valence-corrected chi connectivity index (χ4v) is 1.90. The predicted octanol–water partition coefficient (Wildman–Crippen LogP) is -0.332. The monoisotopic (exact) mass is 194 g/mol. The van der Waals surface area contributed by atoms with Crippen LogP contribution >= 0.6 is 0 Å². The lowest BCUT2D eigenvalue weighted by molar-refractivity contribution is -0.137. The number of carbonyl (C=O) groups is 1. The van der Waals surface area contributed by atoms with E-state index in [1.807, 2.05) is 0 Å². The molecule has 1 fully saturated rings. The molecule has 12 heavy (non-hydrogen) atoms. The molecule has 1 rings (SSSR count). The van der Waals surface area contributed by atoms with Crippen LogP contribution in [0.2, 0.25) is 0 Å². The third-order valence-corrected chi connectivity index (χ3v) is 2.11. The number of esters is 1. The molecule has 0 aliphatic carbocycles. The molecule has 1 atom stereocenters. The van der Waals surface area contributed by atoms with Gasteiger partial charge in [0.2, 0.25) is 0 Å². The lowest BCUT2D eigenvalue weighted by Gasteiger charge is -2.17. The van der Waals surface area contributed by atoms with Crippen LogP contribution in [0, 0.1) is 0 Å². The van der Waals surface area contributed by atoms with Crippen LogP contribution in [0.15, 0.2) is 0 Å². The van der Waals surface area contributed by atoms with Gasteiger partial charge in [-0.1, -0.05) is 0 Å². The average molecular weight is 194 g/mol. The zero-order valence-corrected chi connectivity index (χ0v) is 7.68.